The minimum Gasteiger partial charge on any atom is -0.530 e. The summed E-state index contributed by atoms with van der Waals surface area (Å²) in [6, 6.07) is 24.6. The van der Waals surface area contributed by atoms with Crippen molar-refractivity contribution < 1.29 is 19.4 Å². The maximum Gasteiger partial charge on any atom is 0.187 e. The molecule has 0 bridgehead atoms. The van der Waals surface area contributed by atoms with Crippen LogP contribution >= 0.6 is 11.8 Å². The molecule has 0 radical (unpaired) electrons. The lowest BCUT2D eigenvalue weighted by molar-refractivity contribution is -0.268. The SMILES string of the molecule is O=C([O-])N1CCC(c2cnc(SCCCOCc3ccccc3)nc2)C(OCc2ccc3ccccc3c2)C1. The second kappa shape index (κ2) is 13.6. The molecule has 1 aliphatic heterocycles. The zero-order valence-electron chi connectivity index (χ0n) is 21.8. The molecule has 0 spiro atoms. The first-order chi connectivity index (χ1) is 19.2. The quantitative estimate of drug-likeness (QED) is 0.149. The van der Waals surface area contributed by atoms with Gasteiger partial charge in [-0.1, -0.05) is 78.5 Å². The molecule has 2 heterocycles. The summed E-state index contributed by atoms with van der Waals surface area (Å²) in [6.07, 6.45) is 3.77. The molecule has 4 aromatic rings. The van der Waals surface area contributed by atoms with Gasteiger partial charge in [-0.3, -0.25) is 0 Å². The second-order valence-corrected chi connectivity index (χ2v) is 10.7. The molecule has 0 saturated carbocycles. The van der Waals surface area contributed by atoms with Crippen LogP contribution in [0.1, 0.15) is 35.4 Å². The highest BCUT2D eigenvalue weighted by atomic mass is 32.2. The third kappa shape index (κ3) is 7.56. The number of piperidine rings is 1. The fourth-order valence-corrected chi connectivity index (χ4v) is 5.54. The molecule has 2 atom stereocenters. The summed E-state index contributed by atoms with van der Waals surface area (Å²) in [5.41, 5.74) is 3.19. The number of carbonyl (C=O) groups excluding carboxylic acids is 1. The van der Waals surface area contributed by atoms with E-state index in [1.807, 2.05) is 42.7 Å². The van der Waals surface area contributed by atoms with Crippen molar-refractivity contribution in [2.45, 2.75) is 43.2 Å². The Kier molecular flexibility index (Phi) is 9.43. The predicted octanol–water partition coefficient (Wildman–Crippen LogP) is 5.05. The van der Waals surface area contributed by atoms with E-state index in [4.69, 9.17) is 9.47 Å². The summed E-state index contributed by atoms with van der Waals surface area (Å²) >= 11 is 1.61. The Hall–Kier alpha value is -3.46. The first-order valence-electron chi connectivity index (χ1n) is 13.3. The minimum absolute atomic E-state index is 0.00601. The molecule has 1 amide bonds. The largest absolute Gasteiger partial charge is 0.530 e. The van der Waals surface area contributed by atoms with E-state index in [2.05, 4.69) is 52.4 Å². The molecular weight excluding hydrogens is 510 g/mol. The van der Waals surface area contributed by atoms with Crippen molar-refractivity contribution >= 4 is 28.6 Å². The second-order valence-electron chi connectivity index (χ2n) is 9.68. The van der Waals surface area contributed by atoms with Crippen molar-refractivity contribution in [2.24, 2.45) is 0 Å². The molecule has 3 aromatic carbocycles. The zero-order chi connectivity index (χ0) is 26.9. The van der Waals surface area contributed by atoms with Crippen LogP contribution in [-0.4, -0.2) is 52.5 Å². The van der Waals surface area contributed by atoms with Crippen LogP contribution in [0.15, 0.2) is 90.3 Å². The Morgan fingerprint density at radius 3 is 2.51 bits per heavy atom. The Labute approximate surface area is 233 Å². The molecule has 5 rings (SSSR count). The van der Waals surface area contributed by atoms with Crippen molar-refractivity contribution in [3.8, 4) is 0 Å². The number of fused-ring (bicyclic) bond motifs is 1. The van der Waals surface area contributed by atoms with Gasteiger partial charge in [0.05, 0.1) is 19.3 Å². The van der Waals surface area contributed by atoms with E-state index in [1.165, 1.54) is 15.8 Å². The summed E-state index contributed by atoms with van der Waals surface area (Å²) < 4.78 is 12.1. The molecule has 1 aromatic heterocycles. The fraction of sp³-hybridized carbons (Fsp3) is 0.323. The van der Waals surface area contributed by atoms with Crippen LogP contribution < -0.4 is 5.11 Å². The first-order valence-corrected chi connectivity index (χ1v) is 14.3. The number of benzene rings is 3. The third-order valence-electron chi connectivity index (χ3n) is 6.95. The van der Waals surface area contributed by atoms with Gasteiger partial charge < -0.3 is 24.3 Å². The Bertz CT molecular complexity index is 1350. The summed E-state index contributed by atoms with van der Waals surface area (Å²) in [5, 5.41) is 14.6. The van der Waals surface area contributed by atoms with E-state index >= 15 is 0 Å². The van der Waals surface area contributed by atoms with Gasteiger partial charge in [-0.15, -0.1) is 0 Å². The maximum absolute atomic E-state index is 11.6. The summed E-state index contributed by atoms with van der Waals surface area (Å²) in [5.74, 6) is 0.877. The smallest absolute Gasteiger partial charge is 0.187 e. The van der Waals surface area contributed by atoms with Crippen LogP contribution in [0.25, 0.3) is 10.8 Å². The number of rotatable bonds is 11. The predicted molar refractivity (Wildman–Crippen MR) is 150 cm³/mol. The highest BCUT2D eigenvalue weighted by Gasteiger charge is 2.32. The molecule has 202 valence electrons. The average Bonchev–Trinajstić information content (AvgIpc) is 2.98. The fourth-order valence-electron chi connectivity index (χ4n) is 4.85. The lowest BCUT2D eigenvalue weighted by atomic mass is 9.88. The Morgan fingerprint density at radius 2 is 1.72 bits per heavy atom. The molecule has 1 aliphatic rings. The van der Waals surface area contributed by atoms with Crippen LogP contribution in [0, 0.1) is 0 Å². The molecular formula is C31H32N3O4S-. The third-order valence-corrected chi connectivity index (χ3v) is 7.91. The number of carbonyl (C=O) groups is 1. The summed E-state index contributed by atoms with van der Waals surface area (Å²) in [7, 11) is 0. The highest BCUT2D eigenvalue weighted by molar-refractivity contribution is 7.99. The van der Waals surface area contributed by atoms with Crippen LogP contribution in [0.5, 0.6) is 0 Å². The van der Waals surface area contributed by atoms with Crippen LogP contribution in [-0.2, 0) is 22.7 Å². The number of aromatic nitrogens is 2. The van der Waals surface area contributed by atoms with Crippen molar-refractivity contribution in [3.63, 3.8) is 0 Å². The van der Waals surface area contributed by atoms with E-state index in [0.29, 0.717) is 32.8 Å². The highest BCUT2D eigenvalue weighted by Crippen LogP contribution is 2.31. The van der Waals surface area contributed by atoms with Gasteiger partial charge in [-0.05, 0) is 46.4 Å². The van der Waals surface area contributed by atoms with Crippen molar-refractivity contribution in [1.82, 2.24) is 14.9 Å². The standard InChI is InChI=1S/C31H33N3O4S/c35-31(36)34-14-13-28(29(20-34)38-22-24-11-12-25-9-4-5-10-26(25)17-24)27-18-32-30(33-19-27)39-16-6-15-37-21-23-7-2-1-3-8-23/h1-5,7-12,17-19,28-29H,6,13-16,20-22H2,(H,35,36)/p-1. The van der Waals surface area contributed by atoms with E-state index < -0.39 is 6.09 Å². The Morgan fingerprint density at radius 1 is 0.949 bits per heavy atom. The van der Waals surface area contributed by atoms with Gasteiger partial charge >= 0.3 is 0 Å². The molecule has 1 saturated heterocycles. The zero-order valence-corrected chi connectivity index (χ0v) is 22.6. The molecule has 39 heavy (non-hydrogen) atoms. The monoisotopic (exact) mass is 542 g/mol. The molecule has 0 aliphatic carbocycles. The summed E-state index contributed by atoms with van der Waals surface area (Å²) in [6.45, 7) is 2.38. The molecule has 7 nitrogen and oxygen atoms in total. The van der Waals surface area contributed by atoms with E-state index in [-0.39, 0.29) is 18.6 Å². The molecule has 0 N–H and O–H groups in total. The number of ether oxygens (including phenoxy) is 2. The van der Waals surface area contributed by atoms with Gasteiger partial charge in [-0.25, -0.2) is 9.97 Å². The van der Waals surface area contributed by atoms with Crippen molar-refractivity contribution in [3.05, 3.63) is 102 Å². The number of likely N-dealkylation sites (tertiary alicyclic amines) is 1. The normalized spacial score (nSPS) is 17.4. The minimum atomic E-state index is -1.16. The molecule has 8 heteroatoms. The molecule has 2 unspecified atom stereocenters. The number of hydrogen-bond acceptors (Lipinski definition) is 7. The number of nitrogens with zero attached hydrogens (tertiary/aromatic N) is 3. The maximum atomic E-state index is 11.6. The number of amides is 1. The van der Waals surface area contributed by atoms with Gasteiger partial charge in [0.15, 0.2) is 5.16 Å². The van der Waals surface area contributed by atoms with Crippen LogP contribution in [0.3, 0.4) is 0 Å². The van der Waals surface area contributed by atoms with Gasteiger partial charge in [0.2, 0.25) is 0 Å². The lowest BCUT2D eigenvalue weighted by Gasteiger charge is -2.39. The van der Waals surface area contributed by atoms with Crippen LogP contribution in [0.2, 0.25) is 0 Å². The first kappa shape index (κ1) is 27.1. The van der Waals surface area contributed by atoms with Crippen molar-refractivity contribution in [2.75, 3.05) is 25.4 Å². The topological polar surface area (TPSA) is 87.6 Å². The Balaban J connectivity index is 1.14. The van der Waals surface area contributed by atoms with Crippen molar-refractivity contribution in [1.29, 1.82) is 0 Å². The van der Waals surface area contributed by atoms with E-state index in [0.717, 1.165) is 33.8 Å². The van der Waals surface area contributed by atoms with E-state index in [1.54, 1.807) is 11.8 Å². The van der Waals surface area contributed by atoms with Gasteiger partial charge in [0.1, 0.15) is 6.09 Å². The van der Waals surface area contributed by atoms with Gasteiger partial charge in [0, 0.05) is 43.8 Å². The lowest BCUT2D eigenvalue weighted by Crippen LogP contribution is -2.51. The number of thioether (sulfide) groups is 1. The molecule has 1 fully saturated rings. The van der Waals surface area contributed by atoms with Gasteiger partial charge in [-0.2, -0.15) is 0 Å². The average molecular weight is 543 g/mol. The number of carboxylic acid groups (broad SMARTS) is 1. The van der Waals surface area contributed by atoms with Gasteiger partial charge in [0.25, 0.3) is 0 Å². The summed E-state index contributed by atoms with van der Waals surface area (Å²) in [4.78, 5) is 22.0. The van der Waals surface area contributed by atoms with E-state index in [9.17, 15) is 9.90 Å². The number of hydrogen-bond donors (Lipinski definition) is 0. The van der Waals surface area contributed by atoms with Crippen LogP contribution in [0.4, 0.5) is 4.79 Å².